The van der Waals surface area contributed by atoms with Crippen molar-refractivity contribution in [1.29, 1.82) is 0 Å². The highest BCUT2D eigenvalue weighted by Gasteiger charge is 2.32. The van der Waals surface area contributed by atoms with E-state index in [1.807, 2.05) is 38.1 Å². The third-order valence-electron chi connectivity index (χ3n) is 6.21. The van der Waals surface area contributed by atoms with E-state index in [1.165, 1.54) is 18.3 Å². The van der Waals surface area contributed by atoms with E-state index >= 15 is 0 Å². The van der Waals surface area contributed by atoms with Gasteiger partial charge in [0.1, 0.15) is 17.2 Å². The summed E-state index contributed by atoms with van der Waals surface area (Å²) in [5, 5.41) is 0. The minimum Gasteiger partial charge on any atom is -0.497 e. The highest BCUT2D eigenvalue weighted by molar-refractivity contribution is 7.07. The van der Waals surface area contributed by atoms with Gasteiger partial charge in [0, 0.05) is 22.9 Å². The summed E-state index contributed by atoms with van der Waals surface area (Å²) in [7, 11) is 4.77. The number of carbonyl (C=O) groups excluding carboxylic acids is 1. The van der Waals surface area contributed by atoms with Gasteiger partial charge in [0.15, 0.2) is 10.6 Å². The molecule has 1 aliphatic heterocycles. The molecule has 0 saturated heterocycles. The second-order valence-electron chi connectivity index (χ2n) is 8.42. The molecule has 0 fully saturated rings. The molecule has 8 heteroatoms. The van der Waals surface area contributed by atoms with Gasteiger partial charge in [0.25, 0.3) is 5.56 Å². The van der Waals surface area contributed by atoms with Crippen LogP contribution in [0.15, 0.2) is 51.4 Å². The maximum Gasteiger partial charge on any atom is 0.271 e. The van der Waals surface area contributed by atoms with Gasteiger partial charge in [-0.3, -0.25) is 14.2 Å². The van der Waals surface area contributed by atoms with E-state index < -0.39 is 6.04 Å². The number of aromatic nitrogens is 1. The lowest BCUT2D eigenvalue weighted by Gasteiger charge is -2.26. The van der Waals surface area contributed by atoms with Crippen molar-refractivity contribution in [2.75, 3.05) is 21.3 Å². The fraction of sp³-hybridized carbons (Fsp3) is 0.296. The number of carbonyl (C=O) groups is 1. The molecule has 182 valence electrons. The van der Waals surface area contributed by atoms with Crippen molar-refractivity contribution in [3.8, 4) is 17.2 Å². The Bertz CT molecular complexity index is 1540. The van der Waals surface area contributed by atoms with Gasteiger partial charge >= 0.3 is 0 Å². The van der Waals surface area contributed by atoms with Crippen molar-refractivity contribution in [2.24, 2.45) is 4.99 Å². The Morgan fingerprint density at radius 2 is 1.71 bits per heavy atom. The molecule has 1 unspecified atom stereocenters. The van der Waals surface area contributed by atoms with Gasteiger partial charge in [-0.15, -0.1) is 0 Å². The summed E-state index contributed by atoms with van der Waals surface area (Å²) in [5.74, 6) is 1.80. The fourth-order valence-corrected chi connectivity index (χ4v) is 5.48. The zero-order valence-corrected chi connectivity index (χ0v) is 21.7. The van der Waals surface area contributed by atoms with Gasteiger partial charge in [0.2, 0.25) is 0 Å². The molecule has 1 aliphatic rings. The van der Waals surface area contributed by atoms with E-state index in [2.05, 4.69) is 4.99 Å². The second kappa shape index (κ2) is 9.54. The Kier molecular flexibility index (Phi) is 6.67. The fourth-order valence-electron chi connectivity index (χ4n) is 4.44. The van der Waals surface area contributed by atoms with Crippen molar-refractivity contribution in [2.45, 2.75) is 33.7 Å². The van der Waals surface area contributed by atoms with Crippen LogP contribution in [0.1, 0.15) is 42.1 Å². The first-order chi connectivity index (χ1) is 16.7. The molecule has 0 N–H and O–H groups in total. The van der Waals surface area contributed by atoms with Crippen LogP contribution in [0.5, 0.6) is 17.2 Å². The minimum absolute atomic E-state index is 0.148. The number of hydrogen-bond donors (Lipinski definition) is 0. The zero-order valence-electron chi connectivity index (χ0n) is 20.9. The van der Waals surface area contributed by atoms with E-state index in [-0.39, 0.29) is 11.3 Å². The number of rotatable bonds is 6. The van der Waals surface area contributed by atoms with Crippen LogP contribution >= 0.6 is 11.3 Å². The number of ketones is 1. The number of hydrogen-bond acceptors (Lipinski definition) is 7. The predicted octanol–water partition coefficient (Wildman–Crippen LogP) is 3.47. The molecule has 0 amide bonds. The lowest BCUT2D eigenvalue weighted by molar-refractivity contribution is -0.114. The summed E-state index contributed by atoms with van der Waals surface area (Å²) in [6.45, 7) is 7.24. The van der Waals surface area contributed by atoms with E-state index in [0.717, 1.165) is 22.4 Å². The molecule has 1 atom stereocenters. The van der Waals surface area contributed by atoms with Crippen LogP contribution in [0.2, 0.25) is 0 Å². The Morgan fingerprint density at radius 1 is 1.00 bits per heavy atom. The van der Waals surface area contributed by atoms with E-state index in [1.54, 1.807) is 45.0 Å². The van der Waals surface area contributed by atoms with Gasteiger partial charge in [0.05, 0.1) is 31.9 Å². The molecule has 0 aliphatic carbocycles. The molecule has 0 saturated carbocycles. The third-order valence-corrected chi connectivity index (χ3v) is 7.19. The van der Waals surface area contributed by atoms with Gasteiger partial charge in [-0.05, 0) is 74.7 Å². The molecule has 2 heterocycles. The SMILES string of the molecule is COc1ccc(C2C(C(C)=O)=C(C)N=c3s/c(=C\c4cc(C)c(OC)cc4C)c(=O)n32)c(OC)c1. The average molecular weight is 493 g/mol. The maximum atomic E-state index is 13.8. The third kappa shape index (κ3) is 4.30. The highest BCUT2D eigenvalue weighted by atomic mass is 32.1. The molecular formula is C27H28N2O5S. The Morgan fingerprint density at radius 3 is 2.34 bits per heavy atom. The smallest absolute Gasteiger partial charge is 0.271 e. The second-order valence-corrected chi connectivity index (χ2v) is 9.43. The summed E-state index contributed by atoms with van der Waals surface area (Å²) in [5.41, 5.74) is 4.43. The van der Waals surface area contributed by atoms with Crippen LogP contribution < -0.4 is 29.1 Å². The van der Waals surface area contributed by atoms with Gasteiger partial charge in [-0.25, -0.2) is 4.99 Å². The molecule has 3 aromatic rings. The number of benzene rings is 2. The molecule has 4 rings (SSSR count). The molecule has 7 nitrogen and oxygen atoms in total. The summed E-state index contributed by atoms with van der Waals surface area (Å²) >= 11 is 1.30. The highest BCUT2D eigenvalue weighted by Crippen LogP contribution is 2.37. The molecule has 2 aromatic carbocycles. The summed E-state index contributed by atoms with van der Waals surface area (Å²) in [4.78, 5) is 31.7. The standard InChI is InChI=1S/C27H28N2O5S/c1-14-11-21(33-6)15(2)10-18(14)12-23-26(31)29-25(20-9-8-19(32-5)13-22(20)34-7)24(17(4)30)16(3)28-27(29)35-23/h8-13,25H,1-7H3/b23-12-. The largest absolute Gasteiger partial charge is 0.497 e. The number of methoxy groups -OCH3 is 3. The number of Topliss-reactive ketones (excluding diaryl/α,β-unsaturated/α-hetero) is 1. The molecule has 0 radical (unpaired) electrons. The molecule has 1 aromatic heterocycles. The normalized spacial score (nSPS) is 15.5. The molecule has 35 heavy (non-hydrogen) atoms. The van der Waals surface area contributed by atoms with Crippen LogP contribution in [0.3, 0.4) is 0 Å². The zero-order chi connectivity index (χ0) is 25.4. The number of fused-ring (bicyclic) bond motifs is 1. The van der Waals surface area contributed by atoms with Crippen molar-refractivity contribution in [3.05, 3.63) is 83.5 Å². The number of allylic oxidation sites excluding steroid dienone is 2. The number of thiazole rings is 1. The number of nitrogens with zero attached hydrogens (tertiary/aromatic N) is 2. The van der Waals surface area contributed by atoms with E-state index in [9.17, 15) is 9.59 Å². The van der Waals surface area contributed by atoms with Crippen molar-refractivity contribution >= 4 is 23.2 Å². The lowest BCUT2D eigenvalue weighted by Crippen LogP contribution is -2.39. The molecular weight excluding hydrogens is 464 g/mol. The topological polar surface area (TPSA) is 79.1 Å². The number of aryl methyl sites for hydroxylation is 2. The van der Waals surface area contributed by atoms with Crippen LogP contribution in [0, 0.1) is 13.8 Å². The Labute approximate surface area is 207 Å². The van der Waals surface area contributed by atoms with E-state index in [0.29, 0.717) is 37.7 Å². The first-order valence-electron chi connectivity index (χ1n) is 11.1. The van der Waals surface area contributed by atoms with Crippen LogP contribution in [0.25, 0.3) is 6.08 Å². The van der Waals surface area contributed by atoms with Gasteiger partial charge in [-0.1, -0.05) is 11.3 Å². The van der Waals surface area contributed by atoms with Crippen molar-refractivity contribution in [1.82, 2.24) is 4.57 Å². The van der Waals surface area contributed by atoms with Crippen LogP contribution in [-0.4, -0.2) is 31.7 Å². The quantitative estimate of drug-likeness (QED) is 0.527. The van der Waals surface area contributed by atoms with Crippen LogP contribution in [-0.2, 0) is 4.79 Å². The first kappa shape index (κ1) is 24.5. The number of ether oxygens (including phenoxy) is 3. The van der Waals surface area contributed by atoms with Gasteiger partial charge in [-0.2, -0.15) is 0 Å². The van der Waals surface area contributed by atoms with Crippen molar-refractivity contribution in [3.63, 3.8) is 0 Å². The van der Waals surface area contributed by atoms with Crippen LogP contribution in [0.4, 0.5) is 0 Å². The summed E-state index contributed by atoms with van der Waals surface area (Å²) < 4.78 is 18.5. The average Bonchev–Trinajstić information content (AvgIpc) is 3.13. The summed E-state index contributed by atoms with van der Waals surface area (Å²) in [6.07, 6.45) is 1.88. The summed E-state index contributed by atoms with van der Waals surface area (Å²) in [6, 6.07) is 8.68. The lowest BCUT2D eigenvalue weighted by atomic mass is 9.92. The first-order valence-corrected chi connectivity index (χ1v) is 11.9. The Balaban J connectivity index is 1.99. The minimum atomic E-state index is -0.662. The monoisotopic (exact) mass is 492 g/mol. The predicted molar refractivity (Wildman–Crippen MR) is 136 cm³/mol. The van der Waals surface area contributed by atoms with E-state index in [4.69, 9.17) is 14.2 Å². The van der Waals surface area contributed by atoms with Crippen molar-refractivity contribution < 1.29 is 19.0 Å². The molecule has 0 spiro atoms. The van der Waals surface area contributed by atoms with Gasteiger partial charge < -0.3 is 14.2 Å². The Hall–Kier alpha value is -3.65. The molecule has 0 bridgehead atoms. The maximum absolute atomic E-state index is 13.8.